The quantitative estimate of drug-likeness (QED) is 0.540. The Kier molecular flexibility index (Phi) is 6.68. The number of anilines is 2. The zero-order chi connectivity index (χ0) is 22.7. The van der Waals surface area contributed by atoms with Crippen LogP contribution in [0.4, 0.5) is 11.4 Å². The Balaban J connectivity index is 1.82. The summed E-state index contributed by atoms with van der Waals surface area (Å²) in [6.45, 7) is 7.75. The fraction of sp³-hybridized carbons (Fsp3) is 0.625. The number of nitriles is 1. The van der Waals surface area contributed by atoms with Crippen molar-refractivity contribution < 1.29 is 9.53 Å². The van der Waals surface area contributed by atoms with E-state index in [0.29, 0.717) is 26.4 Å². The smallest absolute Gasteiger partial charge is 0.266 e. The molecule has 0 unspecified atom stereocenters. The molecule has 0 bridgehead atoms. The number of aromatic nitrogens is 1. The lowest BCUT2D eigenvalue weighted by Gasteiger charge is -2.45. The van der Waals surface area contributed by atoms with Gasteiger partial charge in [0.15, 0.2) is 0 Å². The standard InChI is InChI=1S/C24H34N6O2/c1-24(2,30-13-7-8-18(30)16-32-3)22(29-17-27-20-15-26-10-9-21(20)29)19(14-25)23(31)28-11-5-4-6-12-28/h9-10,15,18,27H,4-8,11-13,16-17H2,1-3H3/t18-/m0/s1. The molecule has 0 aromatic carbocycles. The van der Waals surface area contributed by atoms with Crippen LogP contribution in [-0.4, -0.2) is 72.3 Å². The molecule has 4 rings (SSSR count). The van der Waals surface area contributed by atoms with Crippen LogP contribution in [0, 0.1) is 11.3 Å². The summed E-state index contributed by atoms with van der Waals surface area (Å²) in [5.41, 5.74) is 2.33. The Labute approximate surface area is 190 Å². The average molecular weight is 439 g/mol. The molecule has 2 saturated heterocycles. The van der Waals surface area contributed by atoms with Crippen LogP contribution in [0.25, 0.3) is 0 Å². The van der Waals surface area contributed by atoms with E-state index in [-0.39, 0.29) is 17.5 Å². The Bertz CT molecular complexity index is 915. The van der Waals surface area contributed by atoms with Crippen molar-refractivity contribution in [1.29, 1.82) is 5.26 Å². The number of piperidine rings is 1. The summed E-state index contributed by atoms with van der Waals surface area (Å²) < 4.78 is 5.51. The van der Waals surface area contributed by atoms with Crippen molar-refractivity contribution in [1.82, 2.24) is 14.8 Å². The third kappa shape index (κ3) is 4.07. The van der Waals surface area contributed by atoms with Crippen molar-refractivity contribution in [3.8, 4) is 6.07 Å². The minimum Gasteiger partial charge on any atom is -0.383 e. The maximum absolute atomic E-state index is 13.7. The van der Waals surface area contributed by atoms with Gasteiger partial charge in [-0.1, -0.05) is 0 Å². The van der Waals surface area contributed by atoms with Crippen LogP contribution in [0.3, 0.4) is 0 Å². The van der Waals surface area contributed by atoms with E-state index in [1.54, 1.807) is 19.5 Å². The van der Waals surface area contributed by atoms with Crippen molar-refractivity contribution in [3.63, 3.8) is 0 Å². The highest BCUT2D eigenvalue weighted by atomic mass is 16.5. The van der Waals surface area contributed by atoms with Crippen molar-refractivity contribution in [2.45, 2.75) is 57.5 Å². The van der Waals surface area contributed by atoms with Gasteiger partial charge in [-0.15, -0.1) is 0 Å². The van der Waals surface area contributed by atoms with Crippen LogP contribution < -0.4 is 10.2 Å². The molecule has 1 N–H and O–H groups in total. The minimum absolute atomic E-state index is 0.153. The number of carbonyl (C=O) groups excluding carboxylic acids is 1. The van der Waals surface area contributed by atoms with Gasteiger partial charge in [0, 0.05) is 32.4 Å². The van der Waals surface area contributed by atoms with Gasteiger partial charge in [-0.05, 0) is 58.6 Å². The van der Waals surface area contributed by atoms with E-state index in [4.69, 9.17) is 4.74 Å². The van der Waals surface area contributed by atoms with Gasteiger partial charge in [-0.2, -0.15) is 5.26 Å². The SMILES string of the molecule is COC[C@@H]1CCCN1C(C)(C)C(=C(C#N)C(=O)N1CCCCC1)N1CNc2cnccc21. The summed E-state index contributed by atoms with van der Waals surface area (Å²) in [5, 5.41) is 13.7. The highest BCUT2D eigenvalue weighted by molar-refractivity contribution is 5.99. The Morgan fingerprint density at radius 2 is 2.06 bits per heavy atom. The Morgan fingerprint density at radius 1 is 1.28 bits per heavy atom. The van der Waals surface area contributed by atoms with Crippen molar-refractivity contribution in [3.05, 3.63) is 29.7 Å². The number of likely N-dealkylation sites (tertiary alicyclic amines) is 2. The number of nitrogens with zero attached hydrogens (tertiary/aromatic N) is 5. The summed E-state index contributed by atoms with van der Waals surface area (Å²) >= 11 is 0. The lowest BCUT2D eigenvalue weighted by molar-refractivity contribution is -0.127. The summed E-state index contributed by atoms with van der Waals surface area (Å²) in [7, 11) is 1.73. The largest absolute Gasteiger partial charge is 0.383 e. The minimum atomic E-state index is -0.539. The van der Waals surface area contributed by atoms with Gasteiger partial charge < -0.3 is 19.9 Å². The molecule has 8 nitrogen and oxygen atoms in total. The number of hydrogen-bond acceptors (Lipinski definition) is 7. The van der Waals surface area contributed by atoms with Gasteiger partial charge in [-0.25, -0.2) is 0 Å². The number of rotatable bonds is 6. The van der Waals surface area contributed by atoms with E-state index >= 15 is 0 Å². The van der Waals surface area contributed by atoms with Crippen LogP contribution in [0.5, 0.6) is 0 Å². The number of methoxy groups -OCH3 is 1. The normalized spacial score (nSPS) is 22.2. The average Bonchev–Trinajstić information content (AvgIpc) is 3.45. The highest BCUT2D eigenvalue weighted by Gasteiger charge is 2.45. The van der Waals surface area contributed by atoms with E-state index < -0.39 is 5.54 Å². The zero-order valence-electron chi connectivity index (χ0n) is 19.4. The zero-order valence-corrected chi connectivity index (χ0v) is 19.4. The first kappa shape index (κ1) is 22.6. The number of ether oxygens (including phenoxy) is 1. The molecular formula is C24H34N6O2. The van der Waals surface area contributed by atoms with E-state index in [2.05, 4.69) is 40.0 Å². The van der Waals surface area contributed by atoms with Crippen LogP contribution in [0.15, 0.2) is 29.7 Å². The number of hydrogen-bond donors (Lipinski definition) is 1. The third-order valence-electron chi connectivity index (χ3n) is 7.03. The maximum atomic E-state index is 13.7. The van der Waals surface area contributed by atoms with Crippen molar-refractivity contribution in [2.75, 3.05) is 50.2 Å². The van der Waals surface area contributed by atoms with Crippen molar-refractivity contribution in [2.24, 2.45) is 0 Å². The molecule has 1 aromatic heterocycles. The van der Waals surface area contributed by atoms with E-state index in [1.807, 2.05) is 11.0 Å². The van der Waals surface area contributed by atoms with Gasteiger partial charge in [0.2, 0.25) is 0 Å². The molecule has 172 valence electrons. The van der Waals surface area contributed by atoms with Gasteiger partial charge in [0.1, 0.15) is 11.6 Å². The topological polar surface area (TPSA) is 84.7 Å². The number of pyridine rings is 1. The molecule has 32 heavy (non-hydrogen) atoms. The van der Waals surface area contributed by atoms with Gasteiger partial charge in [0.05, 0.1) is 42.1 Å². The number of nitrogens with one attached hydrogen (secondary N) is 1. The first-order valence-corrected chi connectivity index (χ1v) is 11.6. The van der Waals surface area contributed by atoms with E-state index in [0.717, 1.165) is 55.7 Å². The molecule has 3 aliphatic heterocycles. The number of amides is 1. The van der Waals surface area contributed by atoms with Crippen LogP contribution in [-0.2, 0) is 9.53 Å². The van der Waals surface area contributed by atoms with Gasteiger partial charge >= 0.3 is 0 Å². The fourth-order valence-corrected chi connectivity index (χ4v) is 5.51. The molecule has 0 saturated carbocycles. The molecule has 0 spiro atoms. The molecule has 2 fully saturated rings. The summed E-state index contributed by atoms with van der Waals surface area (Å²) in [6.07, 6.45) is 8.79. The molecule has 4 heterocycles. The summed E-state index contributed by atoms with van der Waals surface area (Å²) in [5.74, 6) is -0.153. The van der Waals surface area contributed by atoms with E-state index in [9.17, 15) is 10.1 Å². The van der Waals surface area contributed by atoms with Crippen LogP contribution >= 0.6 is 0 Å². The molecule has 3 aliphatic rings. The molecule has 1 amide bonds. The molecule has 0 radical (unpaired) electrons. The molecular weight excluding hydrogens is 404 g/mol. The summed E-state index contributed by atoms with van der Waals surface area (Å²) in [6, 6.07) is 4.53. The monoisotopic (exact) mass is 438 g/mol. The highest BCUT2D eigenvalue weighted by Crippen LogP contribution is 2.41. The second-order valence-corrected chi connectivity index (χ2v) is 9.35. The molecule has 1 aromatic rings. The second-order valence-electron chi connectivity index (χ2n) is 9.35. The third-order valence-corrected chi connectivity index (χ3v) is 7.03. The van der Waals surface area contributed by atoms with Crippen LogP contribution in [0.1, 0.15) is 46.0 Å². The van der Waals surface area contributed by atoms with Crippen molar-refractivity contribution >= 4 is 17.3 Å². The first-order valence-electron chi connectivity index (χ1n) is 11.6. The predicted octanol–water partition coefficient (Wildman–Crippen LogP) is 2.95. The maximum Gasteiger partial charge on any atom is 0.266 e. The lowest BCUT2D eigenvalue weighted by Crippen LogP contribution is -2.54. The number of carbonyl (C=O) groups is 1. The first-order chi connectivity index (χ1) is 15.5. The fourth-order valence-electron chi connectivity index (χ4n) is 5.51. The number of fused-ring (bicyclic) bond motifs is 1. The lowest BCUT2D eigenvalue weighted by atomic mass is 9.90. The van der Waals surface area contributed by atoms with Gasteiger partial charge in [0.25, 0.3) is 5.91 Å². The van der Waals surface area contributed by atoms with Crippen LogP contribution in [0.2, 0.25) is 0 Å². The molecule has 1 atom stereocenters. The van der Waals surface area contributed by atoms with E-state index in [1.165, 1.54) is 0 Å². The molecule has 8 heteroatoms. The second kappa shape index (κ2) is 9.47. The summed E-state index contributed by atoms with van der Waals surface area (Å²) in [4.78, 5) is 24.2. The molecule has 0 aliphatic carbocycles. The Morgan fingerprint density at radius 3 is 2.78 bits per heavy atom. The Hall–Kier alpha value is -2.63. The van der Waals surface area contributed by atoms with Gasteiger partial charge in [-0.3, -0.25) is 14.7 Å². The predicted molar refractivity (Wildman–Crippen MR) is 124 cm³/mol.